The number of amides is 6. The van der Waals surface area contributed by atoms with E-state index in [0.29, 0.717) is 38.8 Å². The van der Waals surface area contributed by atoms with Gasteiger partial charge in [0, 0.05) is 60.2 Å². The van der Waals surface area contributed by atoms with Gasteiger partial charge in [-0.05, 0) is 61.8 Å². The van der Waals surface area contributed by atoms with Gasteiger partial charge in [-0.2, -0.15) is 0 Å². The summed E-state index contributed by atoms with van der Waals surface area (Å²) in [6, 6.07) is 5.11. The van der Waals surface area contributed by atoms with Crippen molar-refractivity contribution in [1.29, 1.82) is 0 Å². The number of unbranched alkanes of at least 4 members (excludes halogenated alkanes) is 2. The van der Waals surface area contributed by atoms with Crippen LogP contribution in [0.25, 0.3) is 0 Å². The molecule has 67 heavy (non-hydrogen) atoms. The number of nitrogens with zero attached hydrogens (tertiary/aromatic N) is 3. The summed E-state index contributed by atoms with van der Waals surface area (Å²) in [5.41, 5.74) is 0.769. The molecule has 1 saturated heterocycles. The Morgan fingerprint density at radius 1 is 0.791 bits per heavy atom. The van der Waals surface area contributed by atoms with Crippen LogP contribution in [0.2, 0.25) is 0 Å². The highest BCUT2D eigenvalue weighted by molar-refractivity contribution is 5.92. The number of carboxylic acids is 1. The number of likely N-dealkylation sites (N-methyl/N-ethyl adjacent to an activating group) is 2. The molecule has 0 unspecified atom stereocenters. The molecule has 1 aromatic rings. The third kappa shape index (κ3) is 17.2. The first-order valence-electron chi connectivity index (χ1n) is 24.7. The van der Waals surface area contributed by atoms with Gasteiger partial charge in [-0.1, -0.05) is 105 Å². The van der Waals surface area contributed by atoms with Crippen molar-refractivity contribution in [3.05, 3.63) is 35.9 Å². The number of rotatable bonds is 30. The first kappa shape index (κ1) is 58.6. The van der Waals surface area contributed by atoms with E-state index in [1.807, 2.05) is 73.6 Å². The lowest BCUT2D eigenvalue weighted by atomic mass is 9.89. The standard InChI is InChI=1S/C51H86N6O10/c1-14-34(8)45(40(66-12)31-42(59)57-29-23-26-39(57)46(67-13)35(9)47(60)53-38(51(64)65)30-36-24-19-17-20-25-36)56(11)50(63)43(32(4)5)54-49(62)44(33(6)7)55(10)41(58)27-21-18-22-28-52-48(61)37(15-2)16-3/h17,19-20,24-25,32-35,37-40,43-46H,14-16,18,21-23,26-31H2,1-13H3,(H,52,61)(H,53,60)(H,54,62)(H,64,65)/t34-,35+,38-,39-,40+,43-,44-,45-,46+/m0/s1. The molecule has 2 rings (SSSR count). The van der Waals surface area contributed by atoms with E-state index in [1.54, 1.807) is 43.0 Å². The van der Waals surface area contributed by atoms with Crippen LogP contribution in [0.5, 0.6) is 0 Å². The van der Waals surface area contributed by atoms with E-state index < -0.39 is 66.1 Å². The van der Waals surface area contributed by atoms with Crippen molar-refractivity contribution < 1.29 is 48.1 Å². The molecule has 0 radical (unpaired) electrons. The Morgan fingerprint density at radius 3 is 1.97 bits per heavy atom. The minimum Gasteiger partial charge on any atom is -0.480 e. The lowest BCUT2D eigenvalue weighted by Crippen LogP contribution is -2.60. The fourth-order valence-corrected chi connectivity index (χ4v) is 9.48. The molecule has 4 N–H and O–H groups in total. The van der Waals surface area contributed by atoms with Gasteiger partial charge in [-0.3, -0.25) is 28.8 Å². The van der Waals surface area contributed by atoms with Crippen LogP contribution in [0.3, 0.4) is 0 Å². The van der Waals surface area contributed by atoms with Crippen molar-refractivity contribution in [2.24, 2.45) is 29.6 Å². The van der Waals surface area contributed by atoms with Crippen molar-refractivity contribution in [3.63, 3.8) is 0 Å². The number of carbonyl (C=O) groups excluding carboxylic acids is 6. The SMILES string of the molecule is CCC(CC)C(=O)NCCCCCC(=O)N(C)[C@H](C(=O)N[C@H](C(=O)N(C)[C@@H]([C@@H](C)CC)[C@@H](CC(=O)N1CCC[C@H]1[C@H](OC)[C@@H](C)C(=O)N[C@@H](Cc1ccccc1)C(=O)O)OC)C(C)C)C(C)C. The molecule has 0 spiro atoms. The van der Waals surface area contributed by atoms with Gasteiger partial charge in [-0.15, -0.1) is 0 Å². The average Bonchev–Trinajstić information content (AvgIpc) is 3.78. The van der Waals surface area contributed by atoms with E-state index in [0.717, 1.165) is 31.2 Å². The number of carboxylic acid groups (broad SMARTS) is 1. The summed E-state index contributed by atoms with van der Waals surface area (Å²) in [4.78, 5) is 99.3. The van der Waals surface area contributed by atoms with Gasteiger partial charge in [0.2, 0.25) is 35.4 Å². The number of likely N-dealkylation sites (tertiary alicyclic amines) is 1. The maximum absolute atomic E-state index is 14.6. The summed E-state index contributed by atoms with van der Waals surface area (Å²) in [5, 5.41) is 18.6. The number of methoxy groups -OCH3 is 2. The number of hydrogen-bond donors (Lipinski definition) is 4. The minimum atomic E-state index is -1.16. The highest BCUT2D eigenvalue weighted by Gasteiger charge is 2.44. The molecule has 6 amide bonds. The molecule has 380 valence electrons. The first-order valence-corrected chi connectivity index (χ1v) is 24.7. The second kappa shape index (κ2) is 29.3. The molecule has 0 bridgehead atoms. The van der Waals surface area contributed by atoms with Crippen LogP contribution in [0.1, 0.15) is 132 Å². The Bertz CT molecular complexity index is 1720. The predicted molar refractivity (Wildman–Crippen MR) is 260 cm³/mol. The summed E-state index contributed by atoms with van der Waals surface area (Å²) in [7, 11) is 6.29. The Hall–Kier alpha value is -4.57. The van der Waals surface area contributed by atoms with Crippen LogP contribution in [-0.2, 0) is 49.5 Å². The maximum Gasteiger partial charge on any atom is 0.326 e. The lowest BCUT2D eigenvalue weighted by Gasteiger charge is -2.41. The van der Waals surface area contributed by atoms with Crippen molar-refractivity contribution in [2.45, 2.75) is 175 Å². The van der Waals surface area contributed by atoms with E-state index in [1.165, 1.54) is 19.1 Å². The second-order valence-corrected chi connectivity index (χ2v) is 19.2. The van der Waals surface area contributed by atoms with E-state index >= 15 is 0 Å². The van der Waals surface area contributed by atoms with Gasteiger partial charge in [0.15, 0.2) is 0 Å². The van der Waals surface area contributed by atoms with Gasteiger partial charge >= 0.3 is 5.97 Å². The van der Waals surface area contributed by atoms with Crippen molar-refractivity contribution in [1.82, 2.24) is 30.7 Å². The Morgan fingerprint density at radius 2 is 1.43 bits per heavy atom. The number of nitrogens with one attached hydrogen (secondary N) is 3. The summed E-state index contributed by atoms with van der Waals surface area (Å²) in [6.07, 6.45) is 4.45. The van der Waals surface area contributed by atoms with Gasteiger partial charge in [-0.25, -0.2) is 4.79 Å². The second-order valence-electron chi connectivity index (χ2n) is 19.2. The van der Waals surface area contributed by atoms with Crippen molar-refractivity contribution in [2.75, 3.05) is 41.4 Å². The zero-order valence-electron chi connectivity index (χ0n) is 43.0. The summed E-state index contributed by atoms with van der Waals surface area (Å²) in [6.45, 7) is 18.1. The lowest BCUT2D eigenvalue weighted by molar-refractivity contribution is -0.149. The molecule has 9 atom stereocenters. The fourth-order valence-electron chi connectivity index (χ4n) is 9.48. The number of benzene rings is 1. The first-order chi connectivity index (χ1) is 31.7. The monoisotopic (exact) mass is 943 g/mol. The molecule has 1 aromatic carbocycles. The molecule has 0 aliphatic carbocycles. The molecule has 0 aromatic heterocycles. The molecule has 1 aliphatic heterocycles. The number of hydrogen-bond acceptors (Lipinski definition) is 9. The zero-order valence-corrected chi connectivity index (χ0v) is 43.0. The molecule has 0 saturated carbocycles. The summed E-state index contributed by atoms with van der Waals surface area (Å²) >= 11 is 0. The number of aliphatic carboxylic acids is 1. The maximum atomic E-state index is 14.6. The molecule has 1 heterocycles. The largest absolute Gasteiger partial charge is 0.480 e. The predicted octanol–water partition coefficient (Wildman–Crippen LogP) is 5.46. The Labute approximate surface area is 401 Å². The fraction of sp³-hybridized carbons (Fsp3) is 0.745. The summed E-state index contributed by atoms with van der Waals surface area (Å²) < 4.78 is 11.9. The van der Waals surface area contributed by atoms with Gasteiger partial charge in [0.25, 0.3) is 0 Å². The van der Waals surface area contributed by atoms with Crippen LogP contribution in [0.15, 0.2) is 30.3 Å². The number of ether oxygens (including phenoxy) is 2. The molecule has 16 heteroatoms. The van der Waals surface area contributed by atoms with E-state index in [4.69, 9.17) is 9.47 Å². The quantitative estimate of drug-likeness (QED) is 0.0718. The smallest absolute Gasteiger partial charge is 0.326 e. The van der Waals surface area contributed by atoms with Gasteiger partial charge in [0.05, 0.1) is 36.6 Å². The molecule has 1 fully saturated rings. The van der Waals surface area contributed by atoms with E-state index in [2.05, 4.69) is 16.0 Å². The van der Waals surface area contributed by atoms with Crippen LogP contribution < -0.4 is 16.0 Å². The van der Waals surface area contributed by atoms with Crippen LogP contribution >= 0.6 is 0 Å². The summed E-state index contributed by atoms with van der Waals surface area (Å²) in [5.74, 6) is -4.23. The third-order valence-corrected chi connectivity index (χ3v) is 13.8. The topological polar surface area (TPSA) is 204 Å². The van der Waals surface area contributed by atoms with E-state index in [-0.39, 0.29) is 66.6 Å². The minimum absolute atomic E-state index is 0.0126. The highest BCUT2D eigenvalue weighted by atomic mass is 16.5. The molecule has 16 nitrogen and oxygen atoms in total. The van der Waals surface area contributed by atoms with Gasteiger partial charge in [0.1, 0.15) is 18.1 Å². The van der Waals surface area contributed by atoms with Crippen LogP contribution in [-0.4, -0.2) is 145 Å². The van der Waals surface area contributed by atoms with E-state index in [9.17, 15) is 38.7 Å². The highest BCUT2D eigenvalue weighted by Crippen LogP contribution is 2.30. The Balaban J connectivity index is 2.19. The third-order valence-electron chi connectivity index (χ3n) is 13.8. The number of carbonyl (C=O) groups is 7. The Kier molecular flexibility index (Phi) is 25.6. The zero-order chi connectivity index (χ0) is 50.5. The van der Waals surface area contributed by atoms with Crippen molar-refractivity contribution in [3.8, 4) is 0 Å². The normalized spacial score (nSPS) is 17.5. The average molecular weight is 943 g/mol. The molecule has 1 aliphatic rings. The molecular weight excluding hydrogens is 857 g/mol. The molecular formula is C51H86N6O10. The van der Waals surface area contributed by atoms with Gasteiger partial charge < -0.3 is 45.2 Å². The van der Waals surface area contributed by atoms with Crippen LogP contribution in [0.4, 0.5) is 0 Å². The van der Waals surface area contributed by atoms with Crippen molar-refractivity contribution >= 4 is 41.4 Å². The van der Waals surface area contributed by atoms with Crippen LogP contribution in [0, 0.1) is 29.6 Å².